The number of hydrogen-bond donors (Lipinski definition) is 1. The van der Waals surface area contributed by atoms with Gasteiger partial charge in [0.25, 0.3) is 0 Å². The fraction of sp³-hybridized carbons (Fsp3) is 0.355. The van der Waals surface area contributed by atoms with Gasteiger partial charge in [0.15, 0.2) is 0 Å². The molecule has 0 heterocycles. The number of rotatable bonds is 13. The molecule has 0 bridgehead atoms. The van der Waals surface area contributed by atoms with Crippen LogP contribution < -0.4 is 14.4 Å². The van der Waals surface area contributed by atoms with Crippen molar-refractivity contribution in [2.75, 3.05) is 24.2 Å². The molecule has 41 heavy (non-hydrogen) atoms. The van der Waals surface area contributed by atoms with Crippen molar-refractivity contribution in [2.45, 2.75) is 52.2 Å². The van der Waals surface area contributed by atoms with Gasteiger partial charge in [-0.15, -0.1) is 0 Å². The number of hydrogen-bond acceptors (Lipinski definition) is 5. The van der Waals surface area contributed by atoms with E-state index in [1.54, 1.807) is 50.4 Å². The highest BCUT2D eigenvalue weighted by atomic mass is 35.5. The molecule has 220 valence electrons. The zero-order chi connectivity index (χ0) is 30.2. The lowest BCUT2D eigenvalue weighted by atomic mass is 10.0. The molecule has 3 rings (SSSR count). The van der Waals surface area contributed by atoms with E-state index in [4.69, 9.17) is 16.3 Å². The van der Waals surface area contributed by atoms with Crippen LogP contribution in [0.3, 0.4) is 0 Å². The van der Waals surface area contributed by atoms with Gasteiger partial charge in [-0.1, -0.05) is 67.1 Å². The Labute approximate surface area is 248 Å². The zero-order valence-corrected chi connectivity index (χ0v) is 25.7. The summed E-state index contributed by atoms with van der Waals surface area (Å²) in [5.74, 6) is -0.243. The number of amides is 2. The Morgan fingerprint density at radius 2 is 1.66 bits per heavy atom. The third kappa shape index (κ3) is 8.71. The highest BCUT2D eigenvalue weighted by Crippen LogP contribution is 2.29. The average Bonchev–Trinajstić information content (AvgIpc) is 2.95. The van der Waals surface area contributed by atoms with Crippen molar-refractivity contribution in [1.82, 2.24) is 10.2 Å². The summed E-state index contributed by atoms with van der Waals surface area (Å²) in [6, 6.07) is 20.5. The standard InChI is InChI=1S/C31H38ClN3O5S/c1-6-22(2)33-31(37)29(19-24-12-8-7-9-13-24)34(20-25-14-10-15-26(18-25)40-4)30(36)21-35(41(5,38)39)28-17-11-16-27(32)23(28)3/h7-18,22,29H,6,19-21H2,1-5H3,(H,33,37). The van der Waals surface area contributed by atoms with Crippen molar-refractivity contribution in [3.63, 3.8) is 0 Å². The second kappa shape index (κ2) is 14.4. The van der Waals surface area contributed by atoms with Crippen LogP contribution in [0, 0.1) is 6.92 Å². The zero-order valence-electron chi connectivity index (χ0n) is 24.1. The van der Waals surface area contributed by atoms with Crippen LogP contribution in [0.5, 0.6) is 5.75 Å². The number of ether oxygens (including phenoxy) is 1. The van der Waals surface area contributed by atoms with Crippen LogP contribution in [-0.2, 0) is 32.6 Å². The maximum Gasteiger partial charge on any atom is 0.244 e. The van der Waals surface area contributed by atoms with Crippen LogP contribution in [0.2, 0.25) is 5.02 Å². The Balaban J connectivity index is 2.10. The third-order valence-corrected chi connectivity index (χ3v) is 8.48. The van der Waals surface area contributed by atoms with Gasteiger partial charge < -0.3 is 15.0 Å². The number of methoxy groups -OCH3 is 1. The number of nitrogens with zero attached hydrogens (tertiary/aromatic N) is 2. The van der Waals surface area contributed by atoms with E-state index in [0.29, 0.717) is 28.4 Å². The van der Waals surface area contributed by atoms with Crippen LogP contribution >= 0.6 is 11.6 Å². The predicted octanol–water partition coefficient (Wildman–Crippen LogP) is 4.98. The summed E-state index contributed by atoms with van der Waals surface area (Å²) in [5, 5.41) is 3.40. The molecule has 0 fully saturated rings. The first-order chi connectivity index (χ1) is 19.4. The van der Waals surface area contributed by atoms with Crippen molar-refractivity contribution in [1.29, 1.82) is 0 Å². The van der Waals surface area contributed by atoms with Crippen molar-refractivity contribution in [2.24, 2.45) is 0 Å². The second-order valence-corrected chi connectivity index (χ2v) is 12.4. The van der Waals surface area contributed by atoms with Gasteiger partial charge in [0, 0.05) is 24.0 Å². The van der Waals surface area contributed by atoms with Crippen LogP contribution in [0.25, 0.3) is 0 Å². The summed E-state index contributed by atoms with van der Waals surface area (Å²) >= 11 is 6.31. The molecule has 0 saturated carbocycles. The predicted molar refractivity (Wildman–Crippen MR) is 164 cm³/mol. The van der Waals surface area contributed by atoms with E-state index < -0.39 is 28.5 Å². The molecule has 2 unspecified atom stereocenters. The molecule has 10 heteroatoms. The SMILES string of the molecule is CCC(C)NC(=O)C(Cc1ccccc1)N(Cc1cccc(OC)c1)C(=O)CN(c1cccc(Cl)c1C)S(C)(=O)=O. The van der Waals surface area contributed by atoms with Crippen molar-refractivity contribution >= 4 is 39.1 Å². The van der Waals surface area contributed by atoms with Gasteiger partial charge in [-0.25, -0.2) is 8.42 Å². The molecule has 2 amide bonds. The first-order valence-electron chi connectivity index (χ1n) is 13.4. The molecule has 0 aromatic heterocycles. The molecule has 0 aliphatic carbocycles. The highest BCUT2D eigenvalue weighted by Gasteiger charge is 2.34. The summed E-state index contributed by atoms with van der Waals surface area (Å²) < 4.78 is 32.4. The van der Waals surface area contributed by atoms with Crippen LogP contribution in [0.4, 0.5) is 5.69 Å². The van der Waals surface area contributed by atoms with Gasteiger partial charge in [-0.05, 0) is 61.2 Å². The Morgan fingerprint density at radius 3 is 2.29 bits per heavy atom. The minimum absolute atomic E-state index is 0.0631. The van der Waals surface area contributed by atoms with Crippen LogP contribution in [0.15, 0.2) is 72.8 Å². The van der Waals surface area contributed by atoms with Gasteiger partial charge in [0.1, 0.15) is 18.3 Å². The monoisotopic (exact) mass is 599 g/mol. The number of halogens is 1. The summed E-state index contributed by atoms with van der Waals surface area (Å²) in [5.41, 5.74) is 2.43. The lowest BCUT2D eigenvalue weighted by molar-refractivity contribution is -0.140. The topological polar surface area (TPSA) is 96.0 Å². The molecule has 3 aromatic rings. The number of benzene rings is 3. The summed E-state index contributed by atoms with van der Waals surface area (Å²) in [6.07, 6.45) is 2.00. The van der Waals surface area contributed by atoms with E-state index >= 15 is 0 Å². The maximum absolute atomic E-state index is 14.2. The summed E-state index contributed by atoms with van der Waals surface area (Å²) in [4.78, 5) is 29.4. The van der Waals surface area contributed by atoms with Gasteiger partial charge in [-0.3, -0.25) is 13.9 Å². The van der Waals surface area contributed by atoms with Crippen LogP contribution in [0.1, 0.15) is 37.0 Å². The minimum Gasteiger partial charge on any atom is -0.497 e. The second-order valence-electron chi connectivity index (χ2n) is 10.1. The summed E-state index contributed by atoms with van der Waals surface area (Å²) in [7, 11) is -2.34. The van der Waals surface area contributed by atoms with Crippen molar-refractivity contribution < 1.29 is 22.7 Å². The third-order valence-electron chi connectivity index (χ3n) is 6.95. The Hall–Kier alpha value is -3.56. The van der Waals surface area contributed by atoms with Gasteiger partial charge in [0.2, 0.25) is 21.8 Å². The molecular formula is C31H38ClN3O5S. The molecule has 8 nitrogen and oxygen atoms in total. The number of nitrogens with one attached hydrogen (secondary N) is 1. The molecule has 1 N–H and O–H groups in total. The molecule has 0 aliphatic rings. The molecule has 0 spiro atoms. The maximum atomic E-state index is 14.2. The highest BCUT2D eigenvalue weighted by molar-refractivity contribution is 7.92. The fourth-order valence-corrected chi connectivity index (χ4v) is 5.49. The molecule has 2 atom stereocenters. The minimum atomic E-state index is -3.89. The fourth-order valence-electron chi connectivity index (χ4n) is 4.42. The van der Waals surface area contributed by atoms with E-state index in [9.17, 15) is 18.0 Å². The quantitative estimate of drug-likeness (QED) is 0.299. The van der Waals surface area contributed by atoms with E-state index in [1.807, 2.05) is 50.2 Å². The lowest BCUT2D eigenvalue weighted by Crippen LogP contribution is -2.54. The molecular weight excluding hydrogens is 562 g/mol. The smallest absolute Gasteiger partial charge is 0.244 e. The van der Waals surface area contributed by atoms with E-state index in [2.05, 4.69) is 5.32 Å². The number of carbonyl (C=O) groups excluding carboxylic acids is 2. The van der Waals surface area contributed by atoms with E-state index in [1.165, 1.54) is 4.90 Å². The van der Waals surface area contributed by atoms with E-state index in [0.717, 1.165) is 21.7 Å². The number of anilines is 1. The Bertz CT molecular complexity index is 1450. The molecule has 3 aromatic carbocycles. The number of carbonyl (C=O) groups is 2. The average molecular weight is 600 g/mol. The first kappa shape index (κ1) is 32.0. The Kier molecular flexibility index (Phi) is 11.2. The van der Waals surface area contributed by atoms with Crippen molar-refractivity contribution in [3.8, 4) is 5.75 Å². The molecule has 0 saturated heterocycles. The normalized spacial score (nSPS) is 12.7. The number of sulfonamides is 1. The molecule has 0 radical (unpaired) electrons. The van der Waals surface area contributed by atoms with Gasteiger partial charge in [-0.2, -0.15) is 0 Å². The van der Waals surface area contributed by atoms with Gasteiger partial charge >= 0.3 is 0 Å². The van der Waals surface area contributed by atoms with Crippen LogP contribution in [-0.4, -0.2) is 57.1 Å². The largest absolute Gasteiger partial charge is 0.497 e. The molecule has 0 aliphatic heterocycles. The summed E-state index contributed by atoms with van der Waals surface area (Å²) in [6.45, 7) is 5.12. The lowest BCUT2D eigenvalue weighted by Gasteiger charge is -2.34. The van der Waals surface area contributed by atoms with Crippen molar-refractivity contribution in [3.05, 3.63) is 94.5 Å². The first-order valence-corrected chi connectivity index (χ1v) is 15.7. The Morgan fingerprint density at radius 1 is 1.00 bits per heavy atom. The van der Waals surface area contributed by atoms with E-state index in [-0.39, 0.29) is 24.9 Å². The van der Waals surface area contributed by atoms with Gasteiger partial charge in [0.05, 0.1) is 19.1 Å².